The molecule has 2 amide bonds. The summed E-state index contributed by atoms with van der Waals surface area (Å²) in [5, 5.41) is 6.09. The monoisotopic (exact) mass is 343 g/mol. The van der Waals surface area contributed by atoms with Gasteiger partial charge >= 0.3 is 6.03 Å². The number of hydrogen-bond donors (Lipinski definition) is 2. The van der Waals surface area contributed by atoms with E-state index in [0.29, 0.717) is 0 Å². The average Bonchev–Trinajstić information content (AvgIpc) is 2.65. The van der Waals surface area contributed by atoms with E-state index in [0.717, 1.165) is 19.5 Å². The van der Waals surface area contributed by atoms with Gasteiger partial charge in [-0.1, -0.05) is 24.6 Å². The van der Waals surface area contributed by atoms with E-state index in [1.54, 1.807) is 0 Å². The summed E-state index contributed by atoms with van der Waals surface area (Å²) in [6.07, 6.45) is 10.0. The number of amides is 2. The fourth-order valence-electron chi connectivity index (χ4n) is 4.04. The van der Waals surface area contributed by atoms with E-state index in [-0.39, 0.29) is 12.1 Å². The third-order valence-corrected chi connectivity index (χ3v) is 5.61. The summed E-state index contributed by atoms with van der Waals surface area (Å²) in [6.45, 7) is 6.36. The van der Waals surface area contributed by atoms with Crippen LogP contribution in [-0.4, -0.2) is 37.1 Å². The first-order valence-electron chi connectivity index (χ1n) is 10.1. The number of hydrogen-bond acceptors (Lipinski definition) is 2. The van der Waals surface area contributed by atoms with Gasteiger partial charge in [0.05, 0.1) is 6.04 Å². The molecular formula is C21H33N3O. The quantitative estimate of drug-likeness (QED) is 0.772. The van der Waals surface area contributed by atoms with Crippen LogP contribution in [0.15, 0.2) is 18.2 Å². The van der Waals surface area contributed by atoms with Gasteiger partial charge in [-0.05, 0) is 88.2 Å². The van der Waals surface area contributed by atoms with Crippen molar-refractivity contribution in [2.24, 2.45) is 0 Å². The third-order valence-electron chi connectivity index (χ3n) is 5.61. The van der Waals surface area contributed by atoms with Crippen LogP contribution in [0, 0.1) is 0 Å². The smallest absolute Gasteiger partial charge is 0.315 e. The fourth-order valence-corrected chi connectivity index (χ4v) is 4.04. The molecule has 1 atom stereocenters. The van der Waals surface area contributed by atoms with Gasteiger partial charge in [0, 0.05) is 6.54 Å². The Balaban J connectivity index is 1.38. The SMILES string of the molecule is CC(NC(=O)NCCCN1CCCCC1)c1ccc2c(c1)CCCC2. The molecule has 0 radical (unpaired) electrons. The molecule has 1 saturated heterocycles. The Hall–Kier alpha value is -1.55. The van der Waals surface area contributed by atoms with Crippen LogP contribution in [0.5, 0.6) is 0 Å². The highest BCUT2D eigenvalue weighted by molar-refractivity contribution is 5.74. The highest BCUT2D eigenvalue weighted by Gasteiger charge is 2.14. The van der Waals surface area contributed by atoms with E-state index < -0.39 is 0 Å². The van der Waals surface area contributed by atoms with E-state index in [1.807, 2.05) is 0 Å². The molecule has 1 aliphatic heterocycles. The Kier molecular flexibility index (Phi) is 6.74. The summed E-state index contributed by atoms with van der Waals surface area (Å²) in [5.74, 6) is 0. The largest absolute Gasteiger partial charge is 0.338 e. The van der Waals surface area contributed by atoms with Gasteiger partial charge in [-0.25, -0.2) is 4.79 Å². The lowest BCUT2D eigenvalue weighted by molar-refractivity contribution is 0.221. The van der Waals surface area contributed by atoms with Crippen LogP contribution < -0.4 is 10.6 Å². The molecule has 25 heavy (non-hydrogen) atoms. The summed E-state index contributed by atoms with van der Waals surface area (Å²) >= 11 is 0. The van der Waals surface area contributed by atoms with Crippen molar-refractivity contribution >= 4 is 6.03 Å². The van der Waals surface area contributed by atoms with Crippen LogP contribution in [0.3, 0.4) is 0 Å². The zero-order valence-corrected chi connectivity index (χ0v) is 15.7. The van der Waals surface area contributed by atoms with Gasteiger partial charge in [-0.3, -0.25) is 0 Å². The molecule has 1 heterocycles. The van der Waals surface area contributed by atoms with Gasteiger partial charge in [0.2, 0.25) is 0 Å². The van der Waals surface area contributed by atoms with Gasteiger partial charge in [0.1, 0.15) is 0 Å². The Labute approximate surface area is 152 Å². The van der Waals surface area contributed by atoms with Crippen molar-refractivity contribution in [3.63, 3.8) is 0 Å². The summed E-state index contributed by atoms with van der Waals surface area (Å²) < 4.78 is 0. The molecule has 4 heteroatoms. The number of carbonyl (C=O) groups is 1. The van der Waals surface area contributed by atoms with Crippen LogP contribution >= 0.6 is 0 Å². The minimum Gasteiger partial charge on any atom is -0.338 e. The van der Waals surface area contributed by atoms with E-state index >= 15 is 0 Å². The van der Waals surface area contributed by atoms with Gasteiger partial charge in [0.15, 0.2) is 0 Å². The molecule has 1 aromatic carbocycles. The van der Waals surface area contributed by atoms with Gasteiger partial charge in [0.25, 0.3) is 0 Å². The number of fused-ring (bicyclic) bond motifs is 1. The Morgan fingerprint density at radius 3 is 2.64 bits per heavy atom. The molecule has 2 aliphatic rings. The predicted octanol–water partition coefficient (Wildman–Crippen LogP) is 3.80. The lowest BCUT2D eigenvalue weighted by Gasteiger charge is -2.26. The number of carbonyl (C=O) groups excluding carboxylic acids is 1. The number of nitrogens with zero attached hydrogens (tertiary/aromatic N) is 1. The second-order valence-corrected chi connectivity index (χ2v) is 7.61. The second kappa shape index (κ2) is 9.23. The molecule has 1 unspecified atom stereocenters. The number of urea groups is 1. The number of piperidine rings is 1. The van der Waals surface area contributed by atoms with Crippen molar-refractivity contribution in [1.82, 2.24) is 15.5 Å². The molecule has 0 aromatic heterocycles. The fraction of sp³-hybridized carbons (Fsp3) is 0.667. The first kappa shape index (κ1) is 18.2. The van der Waals surface area contributed by atoms with Gasteiger partial charge in [-0.2, -0.15) is 0 Å². The molecule has 138 valence electrons. The van der Waals surface area contributed by atoms with Gasteiger partial charge in [-0.15, -0.1) is 0 Å². The second-order valence-electron chi connectivity index (χ2n) is 7.61. The topological polar surface area (TPSA) is 44.4 Å². The van der Waals surface area contributed by atoms with E-state index in [9.17, 15) is 4.79 Å². The maximum Gasteiger partial charge on any atom is 0.315 e. The lowest BCUT2D eigenvalue weighted by Crippen LogP contribution is -2.39. The predicted molar refractivity (Wildman–Crippen MR) is 103 cm³/mol. The zero-order chi connectivity index (χ0) is 17.5. The Morgan fingerprint density at radius 1 is 1.08 bits per heavy atom. The van der Waals surface area contributed by atoms with Crippen molar-refractivity contribution in [2.45, 2.75) is 64.3 Å². The summed E-state index contributed by atoms with van der Waals surface area (Å²) in [7, 11) is 0. The van der Waals surface area contributed by atoms with Crippen LogP contribution in [0.25, 0.3) is 0 Å². The zero-order valence-electron chi connectivity index (χ0n) is 15.7. The first-order valence-corrected chi connectivity index (χ1v) is 10.1. The van der Waals surface area contributed by atoms with Crippen molar-refractivity contribution in [1.29, 1.82) is 0 Å². The minimum absolute atomic E-state index is 0.0503. The molecule has 1 aliphatic carbocycles. The number of rotatable bonds is 6. The number of likely N-dealkylation sites (tertiary alicyclic amines) is 1. The maximum atomic E-state index is 12.1. The molecule has 0 saturated carbocycles. The van der Waals surface area contributed by atoms with Crippen LogP contribution in [0.2, 0.25) is 0 Å². The Bertz CT molecular complexity index is 566. The minimum atomic E-state index is -0.0520. The summed E-state index contributed by atoms with van der Waals surface area (Å²) in [5.41, 5.74) is 4.17. The molecule has 3 rings (SSSR count). The van der Waals surface area contributed by atoms with Crippen LogP contribution in [0.4, 0.5) is 4.79 Å². The van der Waals surface area contributed by atoms with Crippen LogP contribution in [-0.2, 0) is 12.8 Å². The lowest BCUT2D eigenvalue weighted by atomic mass is 9.89. The third kappa shape index (κ3) is 5.46. The van der Waals surface area contributed by atoms with Crippen molar-refractivity contribution < 1.29 is 4.79 Å². The van der Waals surface area contributed by atoms with E-state index in [2.05, 4.69) is 40.7 Å². The standard InChI is InChI=1S/C21H33N3O/c1-17(19-11-10-18-8-3-4-9-20(18)16-19)23-21(25)22-12-7-15-24-13-5-2-6-14-24/h10-11,16-17H,2-9,12-15H2,1H3,(H2,22,23,25). The molecule has 0 spiro atoms. The molecule has 1 fully saturated rings. The maximum absolute atomic E-state index is 12.1. The number of nitrogens with one attached hydrogen (secondary N) is 2. The molecule has 0 bridgehead atoms. The van der Waals surface area contributed by atoms with Gasteiger partial charge < -0.3 is 15.5 Å². The summed E-state index contributed by atoms with van der Waals surface area (Å²) in [6, 6.07) is 6.71. The Morgan fingerprint density at radius 2 is 1.84 bits per heavy atom. The number of aryl methyl sites for hydroxylation is 2. The van der Waals surface area contributed by atoms with E-state index in [4.69, 9.17) is 0 Å². The van der Waals surface area contributed by atoms with E-state index in [1.165, 1.54) is 74.7 Å². The van der Waals surface area contributed by atoms with Crippen LogP contribution in [0.1, 0.15) is 68.2 Å². The number of benzene rings is 1. The highest BCUT2D eigenvalue weighted by Crippen LogP contribution is 2.24. The van der Waals surface area contributed by atoms with Crippen molar-refractivity contribution in [3.05, 3.63) is 34.9 Å². The molecule has 1 aromatic rings. The molecule has 2 N–H and O–H groups in total. The summed E-state index contributed by atoms with van der Waals surface area (Å²) in [4.78, 5) is 14.6. The average molecular weight is 344 g/mol. The first-order chi connectivity index (χ1) is 12.2. The molecule has 4 nitrogen and oxygen atoms in total. The highest BCUT2D eigenvalue weighted by atomic mass is 16.2. The normalized spacial score (nSPS) is 19.1. The van der Waals surface area contributed by atoms with Crippen molar-refractivity contribution in [2.75, 3.05) is 26.2 Å². The molecular weight excluding hydrogens is 310 g/mol. The van der Waals surface area contributed by atoms with Crippen molar-refractivity contribution in [3.8, 4) is 0 Å².